The van der Waals surface area contributed by atoms with Crippen LogP contribution in [0.15, 0.2) is 17.5 Å². The van der Waals surface area contributed by atoms with E-state index in [1.165, 1.54) is 4.88 Å². The molecule has 4 heteroatoms. The lowest BCUT2D eigenvalue weighted by Gasteiger charge is -2.41. The number of thiophene rings is 1. The van der Waals surface area contributed by atoms with E-state index in [0.717, 1.165) is 26.2 Å². The highest BCUT2D eigenvalue weighted by atomic mass is 32.1. The van der Waals surface area contributed by atoms with Gasteiger partial charge in [-0.2, -0.15) is 0 Å². The summed E-state index contributed by atoms with van der Waals surface area (Å²) >= 11 is 1.83. The molecule has 90 valence electrons. The molecule has 0 spiro atoms. The largest absolute Gasteiger partial charge is 0.330 e. The molecule has 1 aromatic heterocycles. The van der Waals surface area contributed by atoms with Gasteiger partial charge in [0.25, 0.3) is 0 Å². The topological polar surface area (TPSA) is 32.5 Å². The molecule has 1 aromatic rings. The minimum absolute atomic E-state index is 0.479. The summed E-state index contributed by atoms with van der Waals surface area (Å²) in [4.78, 5) is 6.28. The van der Waals surface area contributed by atoms with Crippen LogP contribution in [0.4, 0.5) is 0 Å². The van der Waals surface area contributed by atoms with Crippen molar-refractivity contribution >= 4 is 11.3 Å². The zero-order chi connectivity index (χ0) is 11.5. The van der Waals surface area contributed by atoms with E-state index in [2.05, 4.69) is 41.4 Å². The van der Waals surface area contributed by atoms with Gasteiger partial charge in [0.15, 0.2) is 0 Å². The van der Waals surface area contributed by atoms with Crippen molar-refractivity contribution in [2.24, 2.45) is 5.73 Å². The molecule has 1 saturated heterocycles. The molecular weight excluding hydrogens is 218 g/mol. The second kappa shape index (κ2) is 5.27. The first-order valence-corrected chi connectivity index (χ1v) is 6.72. The average Bonchev–Trinajstić information content (AvgIpc) is 2.78. The number of nitrogens with zero attached hydrogens (tertiary/aromatic N) is 2. The molecule has 0 bridgehead atoms. The molecule has 2 atom stereocenters. The van der Waals surface area contributed by atoms with Crippen molar-refractivity contribution in [2.45, 2.75) is 12.0 Å². The fourth-order valence-corrected chi connectivity index (χ4v) is 3.34. The van der Waals surface area contributed by atoms with Crippen molar-refractivity contribution in [2.75, 3.05) is 40.3 Å². The number of likely N-dealkylation sites (N-methyl/N-ethyl adjacent to an activating group) is 2. The second-order valence-corrected chi connectivity index (χ2v) is 5.65. The zero-order valence-electron chi connectivity index (χ0n) is 10.1. The molecule has 16 heavy (non-hydrogen) atoms. The van der Waals surface area contributed by atoms with Gasteiger partial charge in [-0.1, -0.05) is 6.07 Å². The molecule has 0 amide bonds. The molecular formula is C12H21N3S. The van der Waals surface area contributed by atoms with Crippen LogP contribution < -0.4 is 5.73 Å². The van der Waals surface area contributed by atoms with Crippen molar-refractivity contribution in [3.05, 3.63) is 22.4 Å². The van der Waals surface area contributed by atoms with E-state index in [4.69, 9.17) is 5.73 Å². The third kappa shape index (κ3) is 2.46. The van der Waals surface area contributed by atoms with Crippen molar-refractivity contribution in [1.29, 1.82) is 0 Å². The van der Waals surface area contributed by atoms with Crippen LogP contribution in [0.5, 0.6) is 0 Å². The summed E-state index contributed by atoms with van der Waals surface area (Å²) in [6.07, 6.45) is 0. The van der Waals surface area contributed by atoms with E-state index in [0.29, 0.717) is 12.0 Å². The standard InChI is InChI=1S/C12H21N3S/c1-14-5-6-15(2)11(9-14)10(8-13)12-4-3-7-16-12/h3-4,7,10-11H,5-6,8-9,13H2,1-2H3. The molecule has 0 radical (unpaired) electrons. The highest BCUT2D eigenvalue weighted by Gasteiger charge is 2.30. The molecule has 2 N–H and O–H groups in total. The molecule has 0 aliphatic carbocycles. The molecule has 2 rings (SSSR count). The fraction of sp³-hybridized carbons (Fsp3) is 0.667. The highest BCUT2D eigenvalue weighted by Crippen LogP contribution is 2.27. The van der Waals surface area contributed by atoms with Crippen LogP contribution in [0.1, 0.15) is 10.8 Å². The number of hydrogen-bond donors (Lipinski definition) is 1. The van der Waals surface area contributed by atoms with Crippen LogP contribution in [0.25, 0.3) is 0 Å². The third-order valence-electron chi connectivity index (χ3n) is 3.53. The zero-order valence-corrected chi connectivity index (χ0v) is 10.9. The van der Waals surface area contributed by atoms with Gasteiger partial charge >= 0.3 is 0 Å². The van der Waals surface area contributed by atoms with Crippen molar-refractivity contribution < 1.29 is 0 Å². The Kier molecular flexibility index (Phi) is 3.97. The minimum Gasteiger partial charge on any atom is -0.330 e. The summed E-state index contributed by atoms with van der Waals surface area (Å²) in [6.45, 7) is 4.16. The van der Waals surface area contributed by atoms with E-state index in [1.54, 1.807) is 0 Å². The van der Waals surface area contributed by atoms with E-state index < -0.39 is 0 Å². The normalized spacial score (nSPS) is 25.8. The summed E-state index contributed by atoms with van der Waals surface area (Å²) < 4.78 is 0. The predicted octanol–water partition coefficient (Wildman–Crippen LogP) is 1.04. The number of nitrogens with two attached hydrogens (primary N) is 1. The Morgan fingerprint density at radius 3 is 2.94 bits per heavy atom. The van der Waals surface area contributed by atoms with Crippen LogP contribution in [-0.4, -0.2) is 56.1 Å². The molecule has 1 fully saturated rings. The van der Waals surface area contributed by atoms with E-state index in [-0.39, 0.29) is 0 Å². The Morgan fingerprint density at radius 2 is 2.31 bits per heavy atom. The summed E-state index contributed by atoms with van der Waals surface area (Å²) in [7, 11) is 4.41. The first kappa shape index (κ1) is 12.0. The Labute approximate surface area is 102 Å². The summed E-state index contributed by atoms with van der Waals surface area (Å²) in [6, 6.07) is 4.89. The van der Waals surface area contributed by atoms with Gasteiger partial charge in [0.2, 0.25) is 0 Å². The van der Waals surface area contributed by atoms with Crippen LogP contribution in [0.3, 0.4) is 0 Å². The molecule has 2 heterocycles. The summed E-state index contributed by atoms with van der Waals surface area (Å²) in [5, 5.41) is 2.14. The maximum Gasteiger partial charge on any atom is 0.0309 e. The van der Waals surface area contributed by atoms with Crippen LogP contribution in [0, 0.1) is 0 Å². The maximum absolute atomic E-state index is 5.96. The van der Waals surface area contributed by atoms with Crippen LogP contribution in [-0.2, 0) is 0 Å². The highest BCUT2D eigenvalue weighted by molar-refractivity contribution is 7.10. The Balaban J connectivity index is 2.13. The Hall–Kier alpha value is -0.420. The summed E-state index contributed by atoms with van der Waals surface area (Å²) in [5.41, 5.74) is 5.96. The number of hydrogen-bond acceptors (Lipinski definition) is 4. The molecule has 1 aliphatic rings. The molecule has 0 saturated carbocycles. The minimum atomic E-state index is 0.479. The van der Waals surface area contributed by atoms with Crippen molar-refractivity contribution in [1.82, 2.24) is 9.80 Å². The van der Waals surface area contributed by atoms with E-state index in [1.807, 2.05) is 11.3 Å². The lowest BCUT2D eigenvalue weighted by atomic mass is 9.95. The van der Waals surface area contributed by atoms with Gasteiger partial charge in [-0.3, -0.25) is 0 Å². The monoisotopic (exact) mass is 239 g/mol. The lowest BCUT2D eigenvalue weighted by Crippen LogP contribution is -2.53. The lowest BCUT2D eigenvalue weighted by molar-refractivity contribution is 0.0985. The third-order valence-corrected chi connectivity index (χ3v) is 4.53. The Morgan fingerprint density at radius 1 is 1.50 bits per heavy atom. The second-order valence-electron chi connectivity index (χ2n) is 4.67. The molecule has 2 unspecified atom stereocenters. The first-order valence-electron chi connectivity index (χ1n) is 5.84. The van der Waals surface area contributed by atoms with Gasteiger partial charge in [0, 0.05) is 43.0 Å². The SMILES string of the molecule is CN1CCN(C)C(C(CN)c2cccs2)C1. The summed E-state index contributed by atoms with van der Waals surface area (Å²) in [5.74, 6) is 0.479. The molecule has 3 nitrogen and oxygen atoms in total. The Bertz CT molecular complexity index is 312. The van der Waals surface area contributed by atoms with Crippen LogP contribution in [0.2, 0.25) is 0 Å². The van der Waals surface area contributed by atoms with Gasteiger partial charge < -0.3 is 15.5 Å². The van der Waals surface area contributed by atoms with E-state index in [9.17, 15) is 0 Å². The van der Waals surface area contributed by atoms with Gasteiger partial charge in [0.05, 0.1) is 0 Å². The first-order chi connectivity index (χ1) is 7.72. The van der Waals surface area contributed by atoms with Gasteiger partial charge in [0.1, 0.15) is 0 Å². The average molecular weight is 239 g/mol. The van der Waals surface area contributed by atoms with Crippen LogP contribution >= 0.6 is 11.3 Å². The van der Waals surface area contributed by atoms with Crippen molar-refractivity contribution in [3.8, 4) is 0 Å². The predicted molar refractivity (Wildman–Crippen MR) is 70.0 cm³/mol. The van der Waals surface area contributed by atoms with Gasteiger partial charge in [-0.15, -0.1) is 11.3 Å². The fourth-order valence-electron chi connectivity index (χ4n) is 2.44. The van der Waals surface area contributed by atoms with Gasteiger partial charge in [-0.05, 0) is 25.5 Å². The smallest absolute Gasteiger partial charge is 0.0309 e. The quantitative estimate of drug-likeness (QED) is 0.855. The number of rotatable bonds is 3. The molecule has 1 aliphatic heterocycles. The van der Waals surface area contributed by atoms with Gasteiger partial charge in [-0.25, -0.2) is 0 Å². The molecule has 0 aromatic carbocycles. The van der Waals surface area contributed by atoms with E-state index >= 15 is 0 Å². The maximum atomic E-state index is 5.96. The number of piperazine rings is 1. The van der Waals surface area contributed by atoms with Crippen molar-refractivity contribution in [3.63, 3.8) is 0 Å².